The zero-order chi connectivity index (χ0) is 13.2. The van der Waals surface area contributed by atoms with Crippen molar-refractivity contribution in [1.29, 1.82) is 5.26 Å². The molecular weight excluding hydrogens is 243 g/mol. The number of carbonyl (C=O) groups is 1. The SMILES string of the molecule is N#Cc1cnc(OC(F)(F)F)c(N)c1C(=O)O. The average Bonchev–Trinajstić information content (AvgIpc) is 2.18. The van der Waals surface area contributed by atoms with E-state index in [1.165, 1.54) is 6.07 Å². The molecule has 0 aromatic carbocycles. The Bertz CT molecular complexity index is 507. The molecule has 0 fully saturated rings. The Hall–Kier alpha value is -2.50. The maximum atomic E-state index is 11.9. The summed E-state index contributed by atoms with van der Waals surface area (Å²) in [4.78, 5) is 13.8. The van der Waals surface area contributed by atoms with Crippen LogP contribution in [0.3, 0.4) is 0 Å². The standard InChI is InChI=1S/C8H4F3N3O3/c9-8(10,11)17-6-5(13)4(7(15)16)3(1-12)2-14-6/h2H,13H2,(H,15,16). The number of nitrogens with zero attached hydrogens (tertiary/aromatic N) is 2. The van der Waals surface area contributed by atoms with Gasteiger partial charge in [-0.25, -0.2) is 9.78 Å². The van der Waals surface area contributed by atoms with Gasteiger partial charge < -0.3 is 15.6 Å². The first-order chi connectivity index (χ1) is 7.76. The molecule has 1 heterocycles. The summed E-state index contributed by atoms with van der Waals surface area (Å²) in [5.41, 5.74) is 3.07. The van der Waals surface area contributed by atoms with E-state index in [1.807, 2.05) is 0 Å². The molecule has 3 N–H and O–H groups in total. The number of pyridine rings is 1. The number of halogens is 3. The normalized spacial score (nSPS) is 10.7. The van der Waals surface area contributed by atoms with Crippen molar-refractivity contribution in [2.24, 2.45) is 0 Å². The number of hydrogen-bond acceptors (Lipinski definition) is 5. The molecule has 0 saturated carbocycles. The lowest BCUT2D eigenvalue weighted by Gasteiger charge is -2.11. The Kier molecular flexibility index (Phi) is 3.08. The van der Waals surface area contributed by atoms with Gasteiger partial charge in [-0.3, -0.25) is 0 Å². The molecule has 0 aliphatic carbocycles. The highest BCUT2D eigenvalue weighted by molar-refractivity contribution is 5.97. The zero-order valence-corrected chi connectivity index (χ0v) is 7.95. The third kappa shape index (κ3) is 2.75. The Morgan fingerprint density at radius 2 is 2.18 bits per heavy atom. The predicted octanol–water partition coefficient (Wildman–Crippen LogP) is 1.13. The molecule has 0 unspecified atom stereocenters. The van der Waals surface area contributed by atoms with Crippen LogP contribution in [-0.4, -0.2) is 22.4 Å². The molecule has 0 amide bonds. The number of nitrogen functional groups attached to an aromatic ring is 1. The minimum Gasteiger partial charge on any atom is -0.478 e. The van der Waals surface area contributed by atoms with Gasteiger partial charge in [0.2, 0.25) is 5.88 Å². The van der Waals surface area contributed by atoms with Crippen molar-refractivity contribution >= 4 is 11.7 Å². The van der Waals surface area contributed by atoms with Crippen LogP contribution in [0.1, 0.15) is 15.9 Å². The summed E-state index contributed by atoms with van der Waals surface area (Å²) in [6, 6.07) is 1.45. The molecule has 17 heavy (non-hydrogen) atoms. The number of ether oxygens (including phenoxy) is 1. The summed E-state index contributed by atoms with van der Waals surface area (Å²) in [7, 11) is 0. The Morgan fingerprint density at radius 3 is 2.59 bits per heavy atom. The molecule has 0 aliphatic heterocycles. The van der Waals surface area contributed by atoms with E-state index in [9.17, 15) is 18.0 Å². The average molecular weight is 247 g/mol. The number of carboxylic acids is 1. The van der Waals surface area contributed by atoms with Crippen LogP contribution in [0.4, 0.5) is 18.9 Å². The van der Waals surface area contributed by atoms with Crippen molar-refractivity contribution in [3.63, 3.8) is 0 Å². The van der Waals surface area contributed by atoms with E-state index in [0.717, 1.165) is 0 Å². The highest BCUT2D eigenvalue weighted by Crippen LogP contribution is 2.30. The van der Waals surface area contributed by atoms with E-state index in [2.05, 4.69) is 9.72 Å². The fourth-order valence-electron chi connectivity index (χ4n) is 1.02. The van der Waals surface area contributed by atoms with E-state index in [1.54, 1.807) is 0 Å². The summed E-state index contributed by atoms with van der Waals surface area (Å²) in [6.07, 6.45) is -4.41. The van der Waals surface area contributed by atoms with Crippen LogP contribution in [0.15, 0.2) is 6.20 Å². The van der Waals surface area contributed by atoms with Gasteiger partial charge in [-0.2, -0.15) is 5.26 Å². The van der Waals surface area contributed by atoms with E-state index in [4.69, 9.17) is 16.1 Å². The molecule has 0 atom stereocenters. The van der Waals surface area contributed by atoms with Gasteiger partial charge in [0.15, 0.2) is 0 Å². The van der Waals surface area contributed by atoms with Crippen LogP contribution in [-0.2, 0) is 0 Å². The third-order valence-corrected chi connectivity index (χ3v) is 1.63. The molecule has 90 valence electrons. The Balaban J connectivity index is 3.35. The first-order valence-electron chi connectivity index (χ1n) is 3.94. The van der Waals surface area contributed by atoms with Gasteiger partial charge in [0.1, 0.15) is 17.3 Å². The lowest BCUT2D eigenvalue weighted by molar-refractivity contribution is -0.275. The summed E-state index contributed by atoms with van der Waals surface area (Å²) in [5, 5.41) is 17.2. The maximum absolute atomic E-state index is 11.9. The smallest absolute Gasteiger partial charge is 0.478 e. The fourth-order valence-corrected chi connectivity index (χ4v) is 1.02. The predicted molar refractivity (Wildman–Crippen MR) is 47.0 cm³/mol. The van der Waals surface area contributed by atoms with Gasteiger partial charge in [-0.15, -0.1) is 13.2 Å². The maximum Gasteiger partial charge on any atom is 0.574 e. The molecule has 0 radical (unpaired) electrons. The number of nitriles is 1. The summed E-state index contributed by atoms with van der Waals surface area (Å²) in [5.74, 6) is -2.75. The molecule has 1 aromatic heterocycles. The Labute approximate surface area is 92.0 Å². The van der Waals surface area contributed by atoms with E-state index < -0.39 is 35.0 Å². The molecule has 6 nitrogen and oxygen atoms in total. The number of rotatable bonds is 2. The van der Waals surface area contributed by atoms with Crippen molar-refractivity contribution in [3.05, 3.63) is 17.3 Å². The highest BCUT2D eigenvalue weighted by atomic mass is 19.4. The van der Waals surface area contributed by atoms with E-state index in [0.29, 0.717) is 6.20 Å². The van der Waals surface area contributed by atoms with E-state index in [-0.39, 0.29) is 0 Å². The van der Waals surface area contributed by atoms with Crippen molar-refractivity contribution in [3.8, 4) is 11.9 Å². The summed E-state index contributed by atoms with van der Waals surface area (Å²) >= 11 is 0. The van der Waals surface area contributed by atoms with Crippen LogP contribution >= 0.6 is 0 Å². The van der Waals surface area contributed by atoms with Gasteiger partial charge in [-0.1, -0.05) is 0 Å². The van der Waals surface area contributed by atoms with Gasteiger partial charge >= 0.3 is 12.3 Å². The molecule has 0 aliphatic rings. The van der Waals surface area contributed by atoms with Crippen LogP contribution in [0, 0.1) is 11.3 Å². The minimum atomic E-state index is -5.05. The molecular formula is C8H4F3N3O3. The van der Waals surface area contributed by atoms with Gasteiger partial charge in [0.05, 0.1) is 5.56 Å². The number of aromatic carboxylic acids is 1. The number of alkyl halides is 3. The van der Waals surface area contributed by atoms with Crippen molar-refractivity contribution < 1.29 is 27.8 Å². The molecule has 9 heteroatoms. The largest absolute Gasteiger partial charge is 0.574 e. The van der Waals surface area contributed by atoms with Crippen molar-refractivity contribution in [1.82, 2.24) is 4.98 Å². The second-order valence-corrected chi connectivity index (χ2v) is 2.73. The highest BCUT2D eigenvalue weighted by Gasteiger charge is 2.34. The van der Waals surface area contributed by atoms with Gasteiger partial charge in [0, 0.05) is 6.20 Å². The van der Waals surface area contributed by atoms with E-state index >= 15 is 0 Å². The molecule has 0 bridgehead atoms. The molecule has 0 saturated heterocycles. The monoisotopic (exact) mass is 247 g/mol. The second kappa shape index (κ2) is 4.17. The summed E-state index contributed by atoms with van der Waals surface area (Å²) < 4.78 is 39.1. The topological polar surface area (TPSA) is 109 Å². The fraction of sp³-hybridized carbons (Fsp3) is 0.125. The first kappa shape index (κ1) is 12.6. The van der Waals surface area contributed by atoms with Crippen LogP contribution in [0.2, 0.25) is 0 Å². The number of anilines is 1. The van der Waals surface area contributed by atoms with Crippen LogP contribution in [0.5, 0.6) is 5.88 Å². The zero-order valence-electron chi connectivity index (χ0n) is 7.95. The minimum absolute atomic E-state index is 0.454. The van der Waals surface area contributed by atoms with Crippen LogP contribution in [0.25, 0.3) is 0 Å². The number of carboxylic acid groups (broad SMARTS) is 1. The van der Waals surface area contributed by atoms with Crippen molar-refractivity contribution in [2.75, 3.05) is 5.73 Å². The number of aromatic nitrogens is 1. The first-order valence-corrected chi connectivity index (χ1v) is 3.94. The molecule has 1 rings (SSSR count). The molecule has 0 spiro atoms. The second-order valence-electron chi connectivity index (χ2n) is 2.73. The lowest BCUT2D eigenvalue weighted by Crippen LogP contribution is -2.20. The quantitative estimate of drug-likeness (QED) is 0.810. The van der Waals surface area contributed by atoms with Gasteiger partial charge in [-0.05, 0) is 0 Å². The van der Waals surface area contributed by atoms with Crippen LogP contribution < -0.4 is 10.5 Å². The van der Waals surface area contributed by atoms with Gasteiger partial charge in [0.25, 0.3) is 0 Å². The number of hydrogen-bond donors (Lipinski definition) is 2. The number of nitrogens with two attached hydrogens (primary N) is 1. The molecule has 1 aromatic rings. The lowest BCUT2D eigenvalue weighted by atomic mass is 10.1. The third-order valence-electron chi connectivity index (χ3n) is 1.63. The Morgan fingerprint density at radius 1 is 1.59 bits per heavy atom. The van der Waals surface area contributed by atoms with Crippen molar-refractivity contribution in [2.45, 2.75) is 6.36 Å². The summed E-state index contributed by atoms with van der Waals surface area (Å²) in [6.45, 7) is 0.